The molecular weight excluding hydrogens is 1610 g/mol. The number of carbonyl (C=O) groups excluding carboxylic acids is 3. The van der Waals surface area contributed by atoms with Gasteiger partial charge in [0.25, 0.3) is 34.4 Å². The highest BCUT2D eigenvalue weighted by Crippen LogP contribution is 2.33. The van der Waals surface area contributed by atoms with Crippen LogP contribution in [0.15, 0.2) is 262 Å². The van der Waals surface area contributed by atoms with Crippen molar-refractivity contribution in [3.8, 4) is 50.8 Å². The van der Waals surface area contributed by atoms with E-state index < -0.39 is 40.0 Å². The first kappa shape index (κ1) is 84.4. The van der Waals surface area contributed by atoms with Gasteiger partial charge in [-0.2, -0.15) is 4.31 Å². The molecule has 3 atom stereocenters. The van der Waals surface area contributed by atoms with Gasteiger partial charge in [0.05, 0.1) is 120 Å². The number of ether oxygens (including phenoxy) is 1. The molecule has 1 fully saturated rings. The van der Waals surface area contributed by atoms with Crippen molar-refractivity contribution in [2.24, 2.45) is 0 Å². The maximum Gasteiger partial charge on any atom is 0.272 e. The monoisotopic (exact) mass is 1690 g/mol. The van der Waals surface area contributed by atoms with Crippen LogP contribution in [-0.4, -0.2) is 100 Å². The summed E-state index contributed by atoms with van der Waals surface area (Å²) in [7, 11) is -3.73. The summed E-state index contributed by atoms with van der Waals surface area (Å²) in [5.41, 5.74) is 10.8. The lowest BCUT2D eigenvalue weighted by molar-refractivity contribution is 0.0730. The fourth-order valence-corrected chi connectivity index (χ4v) is 16.6. The van der Waals surface area contributed by atoms with Crippen molar-refractivity contribution < 1.29 is 31.9 Å². The van der Waals surface area contributed by atoms with Crippen molar-refractivity contribution in [1.82, 2.24) is 63.9 Å². The molecule has 0 radical (unpaired) electrons. The van der Waals surface area contributed by atoms with Gasteiger partial charge in [-0.05, 0) is 192 Å². The molecule has 6 aromatic heterocycles. The number of halogens is 4. The summed E-state index contributed by atoms with van der Waals surface area (Å²) in [4.78, 5) is 109. The fourth-order valence-electron chi connectivity index (χ4n) is 14.3. The molecule has 610 valence electrons. The number of amides is 3. The number of nitrogens with one attached hydrogen (secondary N) is 3. The predicted octanol–water partition coefficient (Wildman–Crippen LogP) is 17.8. The topological polar surface area (TPSA) is 277 Å². The zero-order valence-corrected chi connectivity index (χ0v) is 70.3. The second-order valence-electron chi connectivity index (χ2n) is 29.2. The third kappa shape index (κ3) is 18.0. The summed E-state index contributed by atoms with van der Waals surface area (Å²) >= 11 is 19.3. The maximum atomic E-state index is 14.1. The standard InChI is InChI=1S/C33H30ClN5O5S.C31H27ClN4O2.C30H24ClFN4O2/c1-21(29-19-24-9-7-13-27(34)30(24)33(41)39(29)25-10-4-3-5-11-25)36-32(40)31-22(2)35-20-28(37-31)23-8-6-12-26(18-23)45(42,43)38-14-16-44-17-15-38;1-18-13-14-22(15-19(18)2)26-17-33-21(4)29(35-26)30(37)34-20(3)27-16-23-9-8-12-25(32)28(23)31(38)36(27)24-10-6-5-7-11-24;1-17-12-13-20(14-24(17)32)25-16-33-19(3)28(35-25)29(37)34-18(2)26-15-21-8-7-11-23(31)27(21)30(38)36(26)22-9-5-4-6-10-22/h3-13,18-21H,14-17H2,1-2H3,(H,36,40);5-17,20H,1-4H3,(H,34,37);4-16,18H,1-3H3,(H,34,37)/t21-;20-;18-/m000/s1. The van der Waals surface area contributed by atoms with E-state index in [9.17, 15) is 41.6 Å². The van der Waals surface area contributed by atoms with Crippen LogP contribution in [0.25, 0.3) is 83.2 Å². The van der Waals surface area contributed by atoms with Crippen LogP contribution in [0.1, 0.15) is 121 Å². The maximum absolute atomic E-state index is 14.1. The Morgan fingerprint density at radius 1 is 0.405 bits per heavy atom. The first-order valence-electron chi connectivity index (χ1n) is 38.8. The van der Waals surface area contributed by atoms with Crippen molar-refractivity contribution >= 4 is 94.9 Å². The highest BCUT2D eigenvalue weighted by atomic mass is 35.5. The van der Waals surface area contributed by atoms with Crippen molar-refractivity contribution in [2.75, 3.05) is 26.3 Å². The number of rotatable bonds is 17. The molecule has 0 saturated carbocycles. The van der Waals surface area contributed by atoms with Crippen LogP contribution in [0.4, 0.5) is 4.39 Å². The number of sulfonamides is 1. The van der Waals surface area contributed by atoms with Crippen LogP contribution in [0.5, 0.6) is 0 Å². The summed E-state index contributed by atoms with van der Waals surface area (Å²) < 4.78 is 52.0. The Morgan fingerprint density at radius 2 is 0.744 bits per heavy atom. The highest BCUT2D eigenvalue weighted by Gasteiger charge is 2.30. The van der Waals surface area contributed by atoms with E-state index in [-0.39, 0.29) is 63.5 Å². The Balaban J connectivity index is 0.000000149. The molecule has 0 bridgehead atoms. The zero-order chi connectivity index (χ0) is 85.7. The molecule has 0 unspecified atom stereocenters. The van der Waals surface area contributed by atoms with Crippen molar-refractivity contribution in [2.45, 2.75) is 85.3 Å². The first-order valence-corrected chi connectivity index (χ1v) is 41.4. The number of fused-ring (bicyclic) bond motifs is 3. The van der Waals surface area contributed by atoms with Crippen LogP contribution < -0.4 is 32.6 Å². The largest absolute Gasteiger partial charge is 0.379 e. The van der Waals surface area contributed by atoms with Gasteiger partial charge in [-0.15, -0.1) is 0 Å². The Kier molecular flexibility index (Phi) is 25.3. The van der Waals surface area contributed by atoms with E-state index in [0.29, 0.717) is 146 Å². The third-order valence-electron chi connectivity index (χ3n) is 21.0. The van der Waals surface area contributed by atoms with Gasteiger partial charge >= 0.3 is 0 Å². The molecule has 3 N–H and O–H groups in total. The second-order valence-corrected chi connectivity index (χ2v) is 32.4. The number of hydrogen-bond acceptors (Lipinski definition) is 15. The summed E-state index contributed by atoms with van der Waals surface area (Å²) in [5, 5.41) is 13.3. The molecule has 16 rings (SSSR count). The smallest absolute Gasteiger partial charge is 0.272 e. The lowest BCUT2D eigenvalue weighted by Gasteiger charge is -2.26. The average Bonchev–Trinajstić information content (AvgIpc) is 0.765. The molecule has 22 nitrogen and oxygen atoms in total. The van der Waals surface area contributed by atoms with Crippen molar-refractivity contribution in [3.63, 3.8) is 0 Å². The third-order valence-corrected chi connectivity index (χ3v) is 23.8. The Labute approximate surface area is 711 Å². The molecule has 0 aliphatic carbocycles. The van der Waals surface area contributed by atoms with Gasteiger partial charge in [-0.25, -0.2) is 27.8 Å². The fraction of sp³-hybridized carbons (Fsp3) is 0.170. The van der Waals surface area contributed by atoms with Gasteiger partial charge in [0, 0.05) is 63.9 Å². The molecule has 27 heteroatoms. The van der Waals surface area contributed by atoms with Gasteiger partial charge in [-0.3, -0.25) is 57.4 Å². The highest BCUT2D eigenvalue weighted by molar-refractivity contribution is 7.89. The number of para-hydroxylation sites is 3. The Morgan fingerprint density at radius 3 is 1.10 bits per heavy atom. The van der Waals surface area contributed by atoms with Gasteiger partial charge in [0.15, 0.2) is 0 Å². The number of carbonyl (C=O) groups is 3. The van der Waals surface area contributed by atoms with Gasteiger partial charge < -0.3 is 20.7 Å². The molecule has 1 aliphatic rings. The van der Waals surface area contributed by atoms with Crippen molar-refractivity contribution in [3.05, 3.63) is 363 Å². The predicted molar refractivity (Wildman–Crippen MR) is 472 cm³/mol. The van der Waals surface area contributed by atoms with E-state index in [1.807, 2.05) is 159 Å². The van der Waals surface area contributed by atoms with E-state index in [1.165, 1.54) is 40.5 Å². The number of aromatic nitrogens is 9. The van der Waals surface area contributed by atoms with E-state index >= 15 is 0 Å². The minimum Gasteiger partial charge on any atom is -0.379 e. The molecule has 1 saturated heterocycles. The average molecular weight is 1690 g/mol. The molecule has 15 aromatic rings. The number of morpholine rings is 1. The molecule has 1 aliphatic heterocycles. The summed E-state index contributed by atoms with van der Waals surface area (Å²) in [5.74, 6) is -1.69. The normalized spacial score (nSPS) is 13.0. The van der Waals surface area contributed by atoms with E-state index in [0.717, 1.165) is 11.1 Å². The van der Waals surface area contributed by atoms with Crippen LogP contribution in [-0.2, 0) is 14.8 Å². The number of benzene rings is 9. The van der Waals surface area contributed by atoms with E-state index in [2.05, 4.69) is 52.8 Å². The van der Waals surface area contributed by atoms with E-state index in [1.54, 1.807) is 122 Å². The minimum atomic E-state index is -3.73. The summed E-state index contributed by atoms with van der Waals surface area (Å²) in [6.45, 7) is 17.6. The van der Waals surface area contributed by atoms with Gasteiger partial charge in [-0.1, -0.05) is 162 Å². The van der Waals surface area contributed by atoms with Gasteiger partial charge in [0.2, 0.25) is 10.0 Å². The molecule has 0 spiro atoms. The van der Waals surface area contributed by atoms with Crippen molar-refractivity contribution in [1.29, 1.82) is 0 Å². The minimum absolute atomic E-state index is 0.0817. The number of pyridine rings is 3. The van der Waals surface area contributed by atoms with Crippen LogP contribution >= 0.6 is 34.8 Å². The lowest BCUT2D eigenvalue weighted by atomic mass is 10.0. The SMILES string of the molecule is Cc1ccc(-c2cnc(C)c(C(=O)N[C@@H](C)c3cc4cccc(Cl)c4c(=O)n3-c3ccccc3)n2)cc1C.Cc1ccc(-c2cnc(C)c(C(=O)N[C@@H](C)c3cc4cccc(Cl)c4c(=O)n3-c3ccccc3)n2)cc1F.Cc1ncc(-c2cccc(S(=O)(=O)N3CCOCC3)c2)nc1C(=O)N[C@@H](C)c1cc2cccc(Cl)c2c(=O)n1-c1ccccc1. The summed E-state index contributed by atoms with van der Waals surface area (Å²) in [6, 6.07) is 64.6. The molecule has 3 amide bonds. The Bertz CT molecular complexity index is 6620. The first-order chi connectivity index (χ1) is 58.1. The molecular formula is C94H81Cl3FN13O9S. The van der Waals surface area contributed by atoms with Crippen LogP contribution in [0.2, 0.25) is 15.1 Å². The number of nitrogens with zero attached hydrogens (tertiary/aromatic N) is 10. The molecule has 9 aromatic carbocycles. The summed E-state index contributed by atoms with van der Waals surface area (Å²) in [6.07, 6.45) is 4.70. The number of aryl methyl sites for hydroxylation is 6. The van der Waals surface area contributed by atoms with E-state index in [4.69, 9.17) is 39.5 Å². The molecule has 7 heterocycles. The number of hydrogen-bond donors (Lipinski definition) is 3. The lowest BCUT2D eigenvalue weighted by Crippen LogP contribution is -2.40. The molecule has 121 heavy (non-hydrogen) atoms. The Hall–Kier alpha value is -13.1. The van der Waals surface area contributed by atoms with Gasteiger partial charge in [0.1, 0.15) is 22.9 Å². The quantitative estimate of drug-likeness (QED) is 0.0764. The van der Waals surface area contributed by atoms with Crippen LogP contribution in [0.3, 0.4) is 0 Å². The zero-order valence-electron chi connectivity index (χ0n) is 67.2. The second kappa shape index (κ2) is 36.3. The van der Waals surface area contributed by atoms with Crippen LogP contribution in [0, 0.1) is 47.4 Å².